The summed E-state index contributed by atoms with van der Waals surface area (Å²) in [7, 11) is 6.11. The summed E-state index contributed by atoms with van der Waals surface area (Å²) >= 11 is 0. The summed E-state index contributed by atoms with van der Waals surface area (Å²) in [5.41, 5.74) is 4.37. The third kappa shape index (κ3) is 5.65. The van der Waals surface area contributed by atoms with Gasteiger partial charge in [0.15, 0.2) is 0 Å². The number of likely N-dealkylation sites (N-methyl/N-ethyl adjacent to an activating group) is 1. The van der Waals surface area contributed by atoms with Gasteiger partial charge in [-0.1, -0.05) is 24.3 Å². The Hall–Kier alpha value is -4.17. The quantitative estimate of drug-likeness (QED) is 0.340. The van der Waals surface area contributed by atoms with Gasteiger partial charge in [0, 0.05) is 73.0 Å². The zero-order valence-electron chi connectivity index (χ0n) is 21.5. The highest BCUT2D eigenvalue weighted by atomic mass is 16.4. The maximum Gasteiger partial charge on any atom is 0.300 e. The average molecular weight is 502 g/mol. The molecule has 0 unspecified atom stereocenters. The lowest BCUT2D eigenvalue weighted by Gasteiger charge is -2.34. The number of hydrogen-bond donors (Lipinski definition) is 1. The van der Waals surface area contributed by atoms with Gasteiger partial charge in [0.1, 0.15) is 25.4 Å². The Morgan fingerprint density at radius 2 is 1.62 bits per heavy atom. The highest BCUT2D eigenvalue weighted by Gasteiger charge is 2.21. The highest BCUT2D eigenvalue weighted by Crippen LogP contribution is 2.41. The molecule has 0 atom stereocenters. The Balaban J connectivity index is 0.000000747. The number of hydrogen-bond acceptors (Lipinski definition) is 6. The molecule has 1 fully saturated rings. The number of aliphatic carboxylic acids is 1. The van der Waals surface area contributed by atoms with E-state index in [0.29, 0.717) is 11.3 Å². The van der Waals surface area contributed by atoms with E-state index in [4.69, 9.17) is 14.3 Å². The highest BCUT2D eigenvalue weighted by molar-refractivity contribution is 6.07. The van der Waals surface area contributed by atoms with Crippen LogP contribution in [0.2, 0.25) is 0 Å². The van der Waals surface area contributed by atoms with E-state index in [-0.39, 0.29) is 5.56 Å². The van der Waals surface area contributed by atoms with Crippen LogP contribution in [-0.4, -0.2) is 69.3 Å². The van der Waals surface area contributed by atoms with Crippen molar-refractivity contribution < 1.29 is 24.2 Å². The number of carboxylic acids is 2. The van der Waals surface area contributed by atoms with Crippen molar-refractivity contribution in [1.82, 2.24) is 9.48 Å². The SMILES string of the molecule is CC(=O)O.CN1CCN(c2ccc3c(-c4ccccc4C(=O)[O-])c4ccc(=[N+](C)C)cc-4oc3c2)CC1. The molecule has 1 saturated heterocycles. The summed E-state index contributed by atoms with van der Waals surface area (Å²) in [4.78, 5) is 25.6. The van der Waals surface area contributed by atoms with Crippen LogP contribution in [0.25, 0.3) is 33.4 Å². The molecule has 0 saturated carbocycles. The molecule has 1 N–H and O–H groups in total. The molecule has 1 aliphatic carbocycles. The fourth-order valence-corrected chi connectivity index (χ4v) is 4.58. The summed E-state index contributed by atoms with van der Waals surface area (Å²) in [6.07, 6.45) is 0. The number of benzene rings is 3. The summed E-state index contributed by atoms with van der Waals surface area (Å²) in [5, 5.41) is 21.3. The minimum Gasteiger partial charge on any atom is -0.545 e. The van der Waals surface area contributed by atoms with Gasteiger partial charge in [0.05, 0.1) is 12.0 Å². The zero-order chi connectivity index (χ0) is 26.7. The molecular formula is C29H31N3O5. The Labute approximate surface area is 215 Å². The fraction of sp³-hybridized carbons (Fsp3) is 0.276. The lowest BCUT2D eigenvalue weighted by Crippen LogP contribution is -2.44. The van der Waals surface area contributed by atoms with Gasteiger partial charge in [-0.2, -0.15) is 0 Å². The van der Waals surface area contributed by atoms with Crippen molar-refractivity contribution in [2.75, 3.05) is 52.2 Å². The van der Waals surface area contributed by atoms with Crippen LogP contribution in [0.1, 0.15) is 17.3 Å². The number of rotatable bonds is 3. The minimum atomic E-state index is -1.19. The molecule has 3 aliphatic rings. The Bertz CT molecular complexity index is 1490. The van der Waals surface area contributed by atoms with Crippen LogP contribution in [0.4, 0.5) is 5.69 Å². The van der Waals surface area contributed by atoms with Crippen molar-refractivity contribution in [2.45, 2.75) is 6.92 Å². The van der Waals surface area contributed by atoms with Gasteiger partial charge < -0.3 is 29.2 Å². The number of carbonyl (C=O) groups excluding carboxylic acids is 1. The normalized spacial score (nSPS) is 13.8. The predicted molar refractivity (Wildman–Crippen MR) is 143 cm³/mol. The van der Waals surface area contributed by atoms with Gasteiger partial charge in [-0.05, 0) is 30.8 Å². The molecule has 192 valence electrons. The summed E-state index contributed by atoms with van der Waals surface area (Å²) in [6, 6.07) is 19.3. The van der Waals surface area contributed by atoms with E-state index in [0.717, 1.165) is 66.2 Å². The first-order valence-corrected chi connectivity index (χ1v) is 12.1. The fourth-order valence-electron chi connectivity index (χ4n) is 4.58. The molecule has 5 rings (SSSR count). The van der Waals surface area contributed by atoms with Crippen LogP contribution in [0.3, 0.4) is 0 Å². The second-order valence-electron chi connectivity index (χ2n) is 9.37. The van der Waals surface area contributed by atoms with E-state index >= 15 is 0 Å². The molecule has 0 amide bonds. The van der Waals surface area contributed by atoms with Crippen molar-refractivity contribution in [3.05, 3.63) is 71.6 Å². The van der Waals surface area contributed by atoms with Crippen LogP contribution >= 0.6 is 0 Å². The van der Waals surface area contributed by atoms with E-state index in [2.05, 4.69) is 29.0 Å². The number of aromatic carboxylic acids is 1. The largest absolute Gasteiger partial charge is 0.545 e. The number of fused-ring (bicyclic) bond motifs is 2. The summed E-state index contributed by atoms with van der Waals surface area (Å²) in [6.45, 7) is 5.04. The first-order chi connectivity index (χ1) is 17.7. The second kappa shape index (κ2) is 10.8. The minimum absolute atomic E-state index is 0.172. The molecule has 2 aromatic carbocycles. The molecule has 37 heavy (non-hydrogen) atoms. The van der Waals surface area contributed by atoms with Crippen LogP contribution in [-0.2, 0) is 4.79 Å². The number of piperazine rings is 1. The predicted octanol–water partition coefficient (Wildman–Crippen LogP) is 2.44. The van der Waals surface area contributed by atoms with Gasteiger partial charge in [-0.25, -0.2) is 4.58 Å². The Kier molecular flexibility index (Phi) is 7.59. The molecule has 8 heteroatoms. The van der Waals surface area contributed by atoms with Gasteiger partial charge in [0.2, 0.25) is 5.36 Å². The van der Waals surface area contributed by atoms with Crippen molar-refractivity contribution in [1.29, 1.82) is 0 Å². The molecule has 0 spiro atoms. The standard InChI is InChI=1S/C27H27N3O3.C2H4O2/c1-28(2)18-8-10-22-24(16-18)33-25-17-19(30-14-12-29(3)13-15-30)9-11-23(25)26(22)20-6-4-5-7-21(20)27(31)32;1-2(3)4/h4-11,16-17H,12-15H2,1-3H3;1H3,(H,3,4). The lowest BCUT2D eigenvalue weighted by atomic mass is 9.90. The molecule has 2 aliphatic heterocycles. The second-order valence-corrected chi connectivity index (χ2v) is 9.37. The van der Waals surface area contributed by atoms with Gasteiger partial charge >= 0.3 is 0 Å². The number of nitrogens with zero attached hydrogens (tertiary/aromatic N) is 3. The Morgan fingerprint density at radius 3 is 2.27 bits per heavy atom. The number of anilines is 1. The molecule has 2 heterocycles. The van der Waals surface area contributed by atoms with Gasteiger partial charge in [0.25, 0.3) is 5.97 Å². The summed E-state index contributed by atoms with van der Waals surface area (Å²) < 4.78 is 8.45. The van der Waals surface area contributed by atoms with Crippen molar-refractivity contribution in [3.8, 4) is 22.5 Å². The lowest BCUT2D eigenvalue weighted by molar-refractivity contribution is -0.254. The van der Waals surface area contributed by atoms with E-state index in [9.17, 15) is 9.90 Å². The maximum atomic E-state index is 11.9. The average Bonchev–Trinajstić information content (AvgIpc) is 2.86. The van der Waals surface area contributed by atoms with Crippen LogP contribution in [0.5, 0.6) is 0 Å². The third-order valence-corrected chi connectivity index (χ3v) is 6.49. The van der Waals surface area contributed by atoms with Crippen LogP contribution < -0.4 is 19.9 Å². The van der Waals surface area contributed by atoms with Crippen LogP contribution in [0.15, 0.2) is 65.1 Å². The third-order valence-electron chi connectivity index (χ3n) is 6.49. The van der Waals surface area contributed by atoms with E-state index in [1.54, 1.807) is 12.1 Å². The first kappa shape index (κ1) is 25.9. The monoisotopic (exact) mass is 501 g/mol. The van der Waals surface area contributed by atoms with E-state index in [1.165, 1.54) is 0 Å². The first-order valence-electron chi connectivity index (χ1n) is 12.1. The molecule has 0 bridgehead atoms. The smallest absolute Gasteiger partial charge is 0.300 e. The Morgan fingerprint density at radius 1 is 0.946 bits per heavy atom. The number of carboxylic acid groups (broad SMARTS) is 2. The molecule has 2 aromatic rings. The molecular weight excluding hydrogens is 470 g/mol. The molecule has 0 aromatic heterocycles. The van der Waals surface area contributed by atoms with E-state index in [1.807, 2.05) is 55.1 Å². The number of carbonyl (C=O) groups is 2. The van der Waals surface area contributed by atoms with Gasteiger partial charge in [-0.3, -0.25) is 4.79 Å². The zero-order valence-corrected chi connectivity index (χ0v) is 21.5. The van der Waals surface area contributed by atoms with Gasteiger partial charge in [-0.15, -0.1) is 0 Å². The topological polar surface area (TPSA) is 100 Å². The van der Waals surface area contributed by atoms with Crippen molar-refractivity contribution >= 4 is 28.6 Å². The summed E-state index contributed by atoms with van der Waals surface area (Å²) in [5.74, 6) is -1.31. The molecule has 8 nitrogen and oxygen atoms in total. The maximum absolute atomic E-state index is 11.9. The van der Waals surface area contributed by atoms with E-state index < -0.39 is 11.9 Å². The van der Waals surface area contributed by atoms with Crippen molar-refractivity contribution in [3.63, 3.8) is 0 Å². The van der Waals surface area contributed by atoms with Crippen LogP contribution in [0, 0.1) is 0 Å². The molecule has 0 radical (unpaired) electrons. The van der Waals surface area contributed by atoms with Crippen molar-refractivity contribution in [2.24, 2.45) is 0 Å².